The highest BCUT2D eigenvalue weighted by molar-refractivity contribution is 7.20. The summed E-state index contributed by atoms with van der Waals surface area (Å²) in [6.45, 7) is 2.08. The van der Waals surface area contributed by atoms with E-state index in [4.69, 9.17) is 11.0 Å². The molecule has 1 aromatic carbocycles. The van der Waals surface area contributed by atoms with Gasteiger partial charge in [-0.05, 0) is 18.1 Å². The number of nitriles is 1. The first kappa shape index (κ1) is 12.2. The van der Waals surface area contributed by atoms with Crippen molar-refractivity contribution in [3.63, 3.8) is 0 Å². The third-order valence-electron chi connectivity index (χ3n) is 3.23. The number of anilines is 1. The quantitative estimate of drug-likeness (QED) is 0.745. The Morgan fingerprint density at radius 1 is 1.32 bits per heavy atom. The lowest BCUT2D eigenvalue weighted by atomic mass is 10.1. The summed E-state index contributed by atoms with van der Waals surface area (Å²) in [4.78, 5) is 1.77. The van der Waals surface area contributed by atoms with Crippen LogP contribution in [0, 0.1) is 11.3 Å². The summed E-state index contributed by atoms with van der Waals surface area (Å²) in [7, 11) is 0. The molecular formula is C15H12N2S2. The number of nitrogens with zero attached hydrogens (tertiary/aromatic N) is 1. The van der Waals surface area contributed by atoms with Gasteiger partial charge >= 0.3 is 0 Å². The lowest BCUT2D eigenvalue weighted by Gasteiger charge is -2.01. The largest absolute Gasteiger partial charge is 0.397 e. The van der Waals surface area contributed by atoms with Gasteiger partial charge in [-0.1, -0.05) is 25.1 Å². The van der Waals surface area contributed by atoms with Crippen molar-refractivity contribution in [3.05, 3.63) is 40.1 Å². The third-order valence-corrected chi connectivity index (χ3v) is 5.38. The molecule has 2 nitrogen and oxygen atoms in total. The molecule has 0 saturated carbocycles. The molecule has 0 spiro atoms. The zero-order valence-corrected chi connectivity index (χ0v) is 12.1. The number of fused-ring (bicyclic) bond motifs is 1. The molecule has 2 aromatic heterocycles. The maximum Gasteiger partial charge on any atom is 0.128 e. The Bertz CT molecular complexity index is 790. The predicted octanol–water partition coefficient (Wildman–Crippen LogP) is 4.65. The van der Waals surface area contributed by atoms with E-state index in [0.717, 1.165) is 16.9 Å². The van der Waals surface area contributed by atoms with Crippen LogP contribution in [0.25, 0.3) is 20.5 Å². The van der Waals surface area contributed by atoms with Gasteiger partial charge in [-0.2, -0.15) is 5.26 Å². The fourth-order valence-corrected chi connectivity index (χ4v) is 4.45. The van der Waals surface area contributed by atoms with E-state index >= 15 is 0 Å². The van der Waals surface area contributed by atoms with Crippen molar-refractivity contribution in [1.82, 2.24) is 0 Å². The molecule has 0 amide bonds. The summed E-state index contributed by atoms with van der Waals surface area (Å²) in [5.74, 6) is 0. The Hall–Kier alpha value is -1.83. The van der Waals surface area contributed by atoms with Crippen LogP contribution in [0.15, 0.2) is 29.6 Å². The summed E-state index contributed by atoms with van der Waals surface area (Å²) in [6.07, 6.45) is 0.851. The summed E-state index contributed by atoms with van der Waals surface area (Å²) in [5.41, 5.74) is 9.03. The third kappa shape index (κ3) is 1.83. The lowest BCUT2D eigenvalue weighted by molar-refractivity contribution is 1.16. The van der Waals surface area contributed by atoms with Gasteiger partial charge in [0.15, 0.2) is 0 Å². The molecule has 4 heteroatoms. The van der Waals surface area contributed by atoms with Crippen molar-refractivity contribution >= 4 is 38.4 Å². The van der Waals surface area contributed by atoms with Gasteiger partial charge in [0, 0.05) is 25.9 Å². The molecule has 3 aromatic rings. The molecule has 0 atom stereocenters. The number of benzene rings is 1. The van der Waals surface area contributed by atoms with E-state index in [0.29, 0.717) is 10.6 Å². The van der Waals surface area contributed by atoms with Gasteiger partial charge in [0.25, 0.3) is 0 Å². The van der Waals surface area contributed by atoms with Crippen LogP contribution in [0.4, 0.5) is 5.69 Å². The Kier molecular flexibility index (Phi) is 3.02. The van der Waals surface area contributed by atoms with E-state index < -0.39 is 0 Å². The summed E-state index contributed by atoms with van der Waals surface area (Å²) < 4.78 is 1.27. The van der Waals surface area contributed by atoms with Gasteiger partial charge in [-0.25, -0.2) is 0 Å². The van der Waals surface area contributed by atoms with Crippen LogP contribution in [-0.4, -0.2) is 0 Å². The average Bonchev–Trinajstić information content (AvgIpc) is 2.99. The molecule has 0 unspecified atom stereocenters. The van der Waals surface area contributed by atoms with E-state index in [9.17, 15) is 0 Å². The molecule has 0 aliphatic carbocycles. The predicted molar refractivity (Wildman–Crippen MR) is 83.6 cm³/mol. The summed E-state index contributed by atoms with van der Waals surface area (Å²) >= 11 is 3.24. The van der Waals surface area contributed by atoms with E-state index in [1.807, 2.05) is 12.1 Å². The molecule has 0 radical (unpaired) electrons. The highest BCUT2D eigenvalue weighted by atomic mass is 32.1. The van der Waals surface area contributed by atoms with Gasteiger partial charge in [-0.15, -0.1) is 22.7 Å². The van der Waals surface area contributed by atoms with Crippen molar-refractivity contribution in [2.24, 2.45) is 0 Å². The zero-order chi connectivity index (χ0) is 13.4. The minimum atomic E-state index is 0.627. The minimum absolute atomic E-state index is 0.627. The molecule has 94 valence electrons. The molecule has 2 N–H and O–H groups in total. The molecule has 0 aliphatic rings. The highest BCUT2D eigenvalue weighted by Crippen LogP contribution is 2.43. The zero-order valence-electron chi connectivity index (χ0n) is 10.4. The summed E-state index contributed by atoms with van der Waals surface area (Å²) in [6, 6.07) is 10.5. The Balaban J connectivity index is 2.30. The molecular weight excluding hydrogens is 272 g/mol. The molecule has 2 heterocycles. The normalized spacial score (nSPS) is 10.7. The topological polar surface area (TPSA) is 49.8 Å². The molecule has 3 rings (SSSR count). The lowest BCUT2D eigenvalue weighted by Crippen LogP contribution is -1.91. The number of nitrogen functional groups attached to an aromatic ring is 1. The second-order valence-corrected chi connectivity index (χ2v) is 6.20. The van der Waals surface area contributed by atoms with Gasteiger partial charge < -0.3 is 5.73 Å². The highest BCUT2D eigenvalue weighted by Gasteiger charge is 2.18. The Morgan fingerprint density at radius 2 is 2.11 bits per heavy atom. The smallest absolute Gasteiger partial charge is 0.128 e. The Morgan fingerprint density at radius 3 is 2.84 bits per heavy atom. The van der Waals surface area contributed by atoms with Gasteiger partial charge in [0.1, 0.15) is 10.9 Å². The first-order chi connectivity index (χ1) is 9.26. The number of rotatable bonds is 2. The van der Waals surface area contributed by atoms with Crippen LogP contribution < -0.4 is 5.73 Å². The maximum absolute atomic E-state index is 9.15. The van der Waals surface area contributed by atoms with Crippen LogP contribution in [0.1, 0.15) is 17.4 Å². The SMILES string of the molecule is CCc1c(-c2csc3ccccc23)sc(C#N)c1N. The maximum atomic E-state index is 9.15. The second kappa shape index (κ2) is 4.69. The molecule has 19 heavy (non-hydrogen) atoms. The van der Waals surface area contributed by atoms with Gasteiger partial charge in [0.2, 0.25) is 0 Å². The van der Waals surface area contributed by atoms with Gasteiger partial charge in [0.05, 0.1) is 5.69 Å². The van der Waals surface area contributed by atoms with Crippen molar-refractivity contribution in [3.8, 4) is 16.5 Å². The van der Waals surface area contributed by atoms with Crippen molar-refractivity contribution in [2.75, 3.05) is 5.73 Å². The van der Waals surface area contributed by atoms with E-state index in [-0.39, 0.29) is 0 Å². The fraction of sp³-hybridized carbons (Fsp3) is 0.133. The van der Waals surface area contributed by atoms with Crippen molar-refractivity contribution in [1.29, 1.82) is 5.26 Å². The monoisotopic (exact) mass is 284 g/mol. The molecule has 0 aliphatic heterocycles. The first-order valence-corrected chi connectivity index (χ1v) is 7.73. The van der Waals surface area contributed by atoms with E-state index in [1.165, 1.54) is 27.0 Å². The number of hydrogen-bond acceptors (Lipinski definition) is 4. The molecule has 0 bridgehead atoms. The summed E-state index contributed by atoms with van der Waals surface area (Å²) in [5, 5.41) is 12.6. The Labute approximate surface area is 119 Å². The van der Waals surface area contributed by atoms with Crippen molar-refractivity contribution < 1.29 is 0 Å². The second-order valence-electron chi connectivity index (χ2n) is 4.26. The average molecular weight is 284 g/mol. The number of hydrogen-bond donors (Lipinski definition) is 1. The fourth-order valence-electron chi connectivity index (χ4n) is 2.28. The first-order valence-electron chi connectivity index (χ1n) is 6.04. The van der Waals surface area contributed by atoms with Crippen molar-refractivity contribution in [2.45, 2.75) is 13.3 Å². The van der Waals surface area contributed by atoms with E-state index in [1.54, 1.807) is 11.3 Å². The van der Waals surface area contributed by atoms with Crippen LogP contribution in [0.3, 0.4) is 0 Å². The van der Waals surface area contributed by atoms with Gasteiger partial charge in [-0.3, -0.25) is 0 Å². The van der Waals surface area contributed by atoms with E-state index in [2.05, 4.69) is 30.5 Å². The number of nitrogens with two attached hydrogens (primary N) is 1. The standard InChI is InChI=1S/C15H12N2S2/c1-2-9-14(17)13(7-16)19-15(9)11-8-18-12-6-4-3-5-10(11)12/h3-6,8H,2,17H2,1H3. The number of thiophene rings is 2. The minimum Gasteiger partial charge on any atom is -0.397 e. The molecule has 0 saturated heterocycles. The van der Waals surface area contributed by atoms with Crippen LogP contribution in [0.5, 0.6) is 0 Å². The molecule has 0 fully saturated rings. The van der Waals surface area contributed by atoms with Crippen LogP contribution in [0.2, 0.25) is 0 Å². The van der Waals surface area contributed by atoms with Crippen LogP contribution in [-0.2, 0) is 6.42 Å². The van der Waals surface area contributed by atoms with Crippen LogP contribution >= 0.6 is 22.7 Å².